The van der Waals surface area contributed by atoms with Crippen LogP contribution in [0.15, 0.2) is 24.3 Å². The molecule has 49 valence electrons. The molecular formula is C9H13. The van der Waals surface area contributed by atoms with Crippen molar-refractivity contribution in [2.24, 2.45) is 5.41 Å². The lowest BCUT2D eigenvalue weighted by molar-refractivity contribution is 0.510. The van der Waals surface area contributed by atoms with Crippen molar-refractivity contribution in [1.29, 1.82) is 0 Å². The Labute approximate surface area is 57.3 Å². The Morgan fingerprint density at radius 2 is 2.22 bits per heavy atom. The largest absolute Gasteiger partial charge is 0.0837 e. The van der Waals surface area contributed by atoms with Crippen molar-refractivity contribution >= 4 is 0 Å². The van der Waals surface area contributed by atoms with Gasteiger partial charge in [0, 0.05) is 0 Å². The number of hydrogen-bond acceptors (Lipinski definition) is 0. The SMILES string of the molecule is C[CH]C1(C)C=CC=CC1. The first-order chi connectivity index (χ1) is 4.27. The maximum absolute atomic E-state index is 2.24. The van der Waals surface area contributed by atoms with E-state index in [-0.39, 0.29) is 0 Å². The Bertz CT molecular complexity index is 142. The van der Waals surface area contributed by atoms with Crippen LogP contribution in [0.1, 0.15) is 20.3 Å². The summed E-state index contributed by atoms with van der Waals surface area (Å²) in [6.07, 6.45) is 12.1. The van der Waals surface area contributed by atoms with Gasteiger partial charge in [-0.2, -0.15) is 0 Å². The summed E-state index contributed by atoms with van der Waals surface area (Å²) in [5.41, 5.74) is 0.328. The van der Waals surface area contributed by atoms with Crippen molar-refractivity contribution in [3.8, 4) is 0 Å². The van der Waals surface area contributed by atoms with Crippen molar-refractivity contribution < 1.29 is 0 Å². The quantitative estimate of drug-likeness (QED) is 0.500. The lowest BCUT2D eigenvalue weighted by Crippen LogP contribution is -2.12. The van der Waals surface area contributed by atoms with Crippen molar-refractivity contribution in [2.45, 2.75) is 20.3 Å². The minimum atomic E-state index is 0.328. The van der Waals surface area contributed by atoms with E-state index in [9.17, 15) is 0 Å². The van der Waals surface area contributed by atoms with Gasteiger partial charge in [0.15, 0.2) is 0 Å². The minimum Gasteiger partial charge on any atom is -0.0837 e. The van der Waals surface area contributed by atoms with Crippen LogP contribution in [-0.4, -0.2) is 0 Å². The maximum atomic E-state index is 2.24. The topological polar surface area (TPSA) is 0 Å². The fourth-order valence-electron chi connectivity index (χ4n) is 0.958. The van der Waals surface area contributed by atoms with Gasteiger partial charge in [-0.15, -0.1) is 0 Å². The van der Waals surface area contributed by atoms with Crippen molar-refractivity contribution in [3.63, 3.8) is 0 Å². The first-order valence-corrected chi connectivity index (χ1v) is 3.42. The molecule has 1 radical (unpaired) electrons. The highest BCUT2D eigenvalue weighted by Gasteiger charge is 2.17. The Balaban J connectivity index is 2.63. The summed E-state index contributed by atoms with van der Waals surface area (Å²) in [5.74, 6) is 0. The summed E-state index contributed by atoms with van der Waals surface area (Å²) in [7, 11) is 0. The standard InChI is InChI=1S/C9H13/c1-3-9(2)7-5-4-6-8-9/h3-7H,8H2,1-2H3. The first-order valence-electron chi connectivity index (χ1n) is 3.42. The molecule has 0 spiro atoms. The number of hydrogen-bond donors (Lipinski definition) is 0. The summed E-state index contributed by atoms with van der Waals surface area (Å²) in [4.78, 5) is 0. The molecule has 1 aliphatic rings. The first kappa shape index (κ1) is 6.60. The van der Waals surface area contributed by atoms with Gasteiger partial charge >= 0.3 is 0 Å². The molecule has 0 aliphatic heterocycles. The van der Waals surface area contributed by atoms with Crippen molar-refractivity contribution in [3.05, 3.63) is 30.7 Å². The fourth-order valence-corrected chi connectivity index (χ4v) is 0.958. The molecule has 9 heavy (non-hydrogen) atoms. The molecule has 0 fully saturated rings. The zero-order chi connectivity index (χ0) is 6.74. The van der Waals surface area contributed by atoms with E-state index in [4.69, 9.17) is 0 Å². The van der Waals surface area contributed by atoms with E-state index >= 15 is 0 Å². The third-order valence-corrected chi connectivity index (χ3v) is 1.94. The minimum absolute atomic E-state index is 0.328. The van der Waals surface area contributed by atoms with Gasteiger partial charge in [0.1, 0.15) is 0 Å². The molecule has 1 aliphatic carbocycles. The van der Waals surface area contributed by atoms with Crippen molar-refractivity contribution in [1.82, 2.24) is 0 Å². The molecule has 1 unspecified atom stereocenters. The lowest BCUT2D eigenvalue weighted by Gasteiger charge is -2.23. The highest BCUT2D eigenvalue weighted by Crippen LogP contribution is 2.29. The van der Waals surface area contributed by atoms with E-state index in [0.717, 1.165) is 6.42 Å². The van der Waals surface area contributed by atoms with Crippen LogP contribution in [0.25, 0.3) is 0 Å². The van der Waals surface area contributed by atoms with Gasteiger partial charge in [0.25, 0.3) is 0 Å². The lowest BCUT2D eigenvalue weighted by atomic mass is 9.82. The summed E-state index contributed by atoms with van der Waals surface area (Å²) < 4.78 is 0. The molecule has 0 saturated heterocycles. The van der Waals surface area contributed by atoms with E-state index in [0.29, 0.717) is 5.41 Å². The third kappa shape index (κ3) is 1.44. The molecule has 0 aromatic rings. The third-order valence-electron chi connectivity index (χ3n) is 1.94. The van der Waals surface area contributed by atoms with E-state index < -0.39 is 0 Å². The Hall–Kier alpha value is -0.520. The average molecular weight is 121 g/mol. The van der Waals surface area contributed by atoms with Crippen LogP contribution in [0.4, 0.5) is 0 Å². The molecular weight excluding hydrogens is 108 g/mol. The molecule has 0 bridgehead atoms. The predicted octanol–water partition coefficient (Wildman–Crippen LogP) is 2.73. The van der Waals surface area contributed by atoms with Gasteiger partial charge in [0.2, 0.25) is 0 Å². The molecule has 0 aromatic heterocycles. The summed E-state index contributed by atoms with van der Waals surface area (Å²) in [6.45, 7) is 4.36. The molecule has 0 saturated carbocycles. The highest BCUT2D eigenvalue weighted by molar-refractivity contribution is 5.18. The normalized spacial score (nSPS) is 33.1. The van der Waals surface area contributed by atoms with Gasteiger partial charge in [0.05, 0.1) is 0 Å². The van der Waals surface area contributed by atoms with Crippen molar-refractivity contribution in [2.75, 3.05) is 0 Å². The Kier molecular flexibility index (Phi) is 1.75. The van der Waals surface area contributed by atoms with Crippen LogP contribution in [0.3, 0.4) is 0 Å². The maximum Gasteiger partial charge on any atom is -0.00804 e. The summed E-state index contributed by atoms with van der Waals surface area (Å²) >= 11 is 0. The highest BCUT2D eigenvalue weighted by atomic mass is 14.2. The average Bonchev–Trinajstić information content (AvgIpc) is 1.90. The van der Waals surface area contributed by atoms with Crippen LogP contribution in [-0.2, 0) is 0 Å². The fraction of sp³-hybridized carbons (Fsp3) is 0.444. The van der Waals surface area contributed by atoms with E-state index in [1.807, 2.05) is 0 Å². The molecule has 0 nitrogen and oxygen atoms in total. The zero-order valence-electron chi connectivity index (χ0n) is 6.09. The van der Waals surface area contributed by atoms with E-state index in [2.05, 4.69) is 44.6 Å². The van der Waals surface area contributed by atoms with Gasteiger partial charge in [-0.1, -0.05) is 38.2 Å². The summed E-state index contributed by atoms with van der Waals surface area (Å²) in [5, 5.41) is 0. The van der Waals surface area contributed by atoms with Gasteiger partial charge in [-0.05, 0) is 18.3 Å². The van der Waals surface area contributed by atoms with Gasteiger partial charge in [-0.3, -0.25) is 0 Å². The molecule has 0 aromatic carbocycles. The zero-order valence-corrected chi connectivity index (χ0v) is 6.09. The molecule has 0 N–H and O–H groups in total. The predicted molar refractivity (Wildman–Crippen MR) is 41.0 cm³/mol. The molecule has 1 atom stereocenters. The Morgan fingerprint density at radius 3 is 2.56 bits per heavy atom. The van der Waals surface area contributed by atoms with E-state index in [1.54, 1.807) is 0 Å². The van der Waals surface area contributed by atoms with Crippen LogP contribution in [0.2, 0.25) is 0 Å². The number of allylic oxidation sites excluding steroid dienone is 4. The second-order valence-corrected chi connectivity index (χ2v) is 2.79. The van der Waals surface area contributed by atoms with Crippen LogP contribution in [0, 0.1) is 11.8 Å². The Morgan fingerprint density at radius 1 is 1.44 bits per heavy atom. The second kappa shape index (κ2) is 2.38. The van der Waals surface area contributed by atoms with Crippen LogP contribution < -0.4 is 0 Å². The summed E-state index contributed by atoms with van der Waals surface area (Å²) in [6, 6.07) is 0. The molecule has 0 heterocycles. The van der Waals surface area contributed by atoms with Gasteiger partial charge < -0.3 is 0 Å². The van der Waals surface area contributed by atoms with Crippen LogP contribution in [0.5, 0.6) is 0 Å². The monoisotopic (exact) mass is 121 g/mol. The second-order valence-electron chi connectivity index (χ2n) is 2.79. The number of rotatable bonds is 1. The molecule has 0 heteroatoms. The molecule has 0 amide bonds. The van der Waals surface area contributed by atoms with Crippen LogP contribution >= 0.6 is 0 Å². The van der Waals surface area contributed by atoms with E-state index in [1.165, 1.54) is 0 Å². The van der Waals surface area contributed by atoms with Gasteiger partial charge in [-0.25, -0.2) is 0 Å². The molecule has 1 rings (SSSR count). The smallest absolute Gasteiger partial charge is 0.00804 e.